The number of hydrogen-bond acceptors (Lipinski definition) is 2. The molecule has 0 radical (unpaired) electrons. The molecular formula is C39H81NS. The van der Waals surface area contributed by atoms with Crippen LogP contribution in [0.5, 0.6) is 0 Å². The Morgan fingerprint density at radius 3 is 0.976 bits per heavy atom. The molecule has 0 saturated carbocycles. The Labute approximate surface area is 267 Å². The molecule has 1 aliphatic heterocycles. The van der Waals surface area contributed by atoms with E-state index in [4.69, 9.17) is 0 Å². The van der Waals surface area contributed by atoms with E-state index in [1.54, 1.807) is 0 Å². The van der Waals surface area contributed by atoms with Crippen LogP contribution < -0.4 is 0 Å². The first-order valence-corrected chi connectivity index (χ1v) is 20.4. The van der Waals surface area contributed by atoms with Crippen molar-refractivity contribution in [3.63, 3.8) is 0 Å². The Bertz CT molecular complexity index is 443. The number of hydrogen-bond donors (Lipinski definition) is 0. The molecule has 0 aromatic heterocycles. The summed E-state index contributed by atoms with van der Waals surface area (Å²) in [6.07, 6.45) is 44.0. The van der Waals surface area contributed by atoms with Gasteiger partial charge in [0.05, 0.1) is 0 Å². The fraction of sp³-hybridized carbons (Fsp3) is 1.00. The van der Waals surface area contributed by atoms with Gasteiger partial charge in [0.1, 0.15) is 0 Å². The highest BCUT2D eigenvalue weighted by Gasteiger charge is 2.09. The van der Waals surface area contributed by atoms with Crippen LogP contribution in [0.3, 0.4) is 0 Å². The lowest BCUT2D eigenvalue weighted by molar-refractivity contribution is 0.357. The zero-order valence-corrected chi connectivity index (χ0v) is 30.5. The molecule has 1 heterocycles. The maximum absolute atomic E-state index is 2.77. The topological polar surface area (TPSA) is 3.24 Å². The summed E-state index contributed by atoms with van der Waals surface area (Å²) in [7, 11) is 0. The molecule has 1 rings (SSSR count). The molecule has 0 atom stereocenters. The molecule has 0 aromatic carbocycles. The van der Waals surface area contributed by atoms with E-state index in [0.717, 1.165) is 0 Å². The Morgan fingerprint density at radius 2 is 0.659 bits per heavy atom. The van der Waals surface area contributed by atoms with Gasteiger partial charge in [-0.05, 0) is 31.1 Å². The van der Waals surface area contributed by atoms with Crippen LogP contribution in [0.25, 0.3) is 0 Å². The smallest absolute Gasteiger partial charge is 0.00893 e. The highest BCUT2D eigenvalue weighted by Crippen LogP contribution is 2.23. The molecule has 248 valence electrons. The second kappa shape index (κ2) is 33.2. The first-order chi connectivity index (χ1) is 20.1. The fourth-order valence-corrected chi connectivity index (χ4v) is 7.30. The maximum atomic E-state index is 2.77. The van der Waals surface area contributed by atoms with E-state index >= 15 is 0 Å². The molecule has 0 bridgehead atoms. The lowest BCUT2D eigenvalue weighted by Gasteiger charge is -2.21. The van der Waals surface area contributed by atoms with Crippen molar-refractivity contribution < 1.29 is 0 Å². The summed E-state index contributed by atoms with van der Waals surface area (Å²) in [5.41, 5.74) is 0.515. The van der Waals surface area contributed by atoms with Gasteiger partial charge in [-0.15, -0.1) is 0 Å². The van der Waals surface area contributed by atoms with E-state index in [1.807, 2.05) is 13.8 Å². The summed E-state index contributed by atoms with van der Waals surface area (Å²) >= 11 is 2.19. The molecule has 0 unspecified atom stereocenters. The van der Waals surface area contributed by atoms with E-state index in [-0.39, 0.29) is 0 Å². The summed E-state index contributed by atoms with van der Waals surface area (Å²) in [4.78, 5) is 0. The molecule has 0 spiro atoms. The number of nitrogens with zero attached hydrogens (tertiary/aromatic N) is 1. The molecule has 1 fully saturated rings. The van der Waals surface area contributed by atoms with Crippen molar-refractivity contribution in [3.05, 3.63) is 0 Å². The quantitative estimate of drug-likeness (QED) is 0.203. The SMILES string of the molecule is CC.CC(C)(C)CCCCCCCSN1CCCCCCCCCCCCCCCCCCCCCCCCCC1. The van der Waals surface area contributed by atoms with Crippen LogP contribution in [0.2, 0.25) is 0 Å². The third-order valence-corrected chi connectivity index (χ3v) is 10.1. The monoisotopic (exact) mass is 596 g/mol. The second-order valence-electron chi connectivity index (χ2n) is 14.3. The molecule has 1 aliphatic rings. The van der Waals surface area contributed by atoms with Crippen molar-refractivity contribution in [2.75, 3.05) is 18.8 Å². The first-order valence-electron chi connectivity index (χ1n) is 19.5. The molecule has 0 amide bonds. The van der Waals surface area contributed by atoms with Gasteiger partial charge in [0.15, 0.2) is 0 Å². The molecule has 0 N–H and O–H groups in total. The van der Waals surface area contributed by atoms with Crippen molar-refractivity contribution in [3.8, 4) is 0 Å². The van der Waals surface area contributed by atoms with Crippen molar-refractivity contribution in [1.82, 2.24) is 4.31 Å². The summed E-state index contributed by atoms with van der Waals surface area (Å²) in [5, 5.41) is 0. The minimum absolute atomic E-state index is 0.515. The third kappa shape index (κ3) is 34.7. The molecular weight excluding hydrogens is 515 g/mol. The lowest BCUT2D eigenvalue weighted by atomic mass is 9.89. The number of rotatable bonds is 8. The van der Waals surface area contributed by atoms with Crippen LogP contribution in [0.4, 0.5) is 0 Å². The van der Waals surface area contributed by atoms with Crippen molar-refractivity contribution in [1.29, 1.82) is 0 Å². The van der Waals surface area contributed by atoms with E-state index < -0.39 is 0 Å². The summed E-state index contributed by atoms with van der Waals surface area (Å²) in [6.45, 7) is 13.8. The number of unbranched alkanes of at least 4 members (excludes halogenated alkanes) is 4. The molecule has 0 aromatic rings. The minimum Gasteiger partial charge on any atom is -0.251 e. The van der Waals surface area contributed by atoms with Crippen LogP contribution >= 0.6 is 11.9 Å². The van der Waals surface area contributed by atoms with Gasteiger partial charge >= 0.3 is 0 Å². The molecule has 0 aliphatic carbocycles. The predicted octanol–water partition coefficient (Wildman–Crippen LogP) is 14.7. The summed E-state index contributed by atoms with van der Waals surface area (Å²) < 4.78 is 2.77. The average molecular weight is 596 g/mol. The van der Waals surface area contributed by atoms with Gasteiger partial charge < -0.3 is 0 Å². The second-order valence-corrected chi connectivity index (χ2v) is 15.5. The Kier molecular flexibility index (Phi) is 33.5. The van der Waals surface area contributed by atoms with Gasteiger partial charge in [-0.3, -0.25) is 4.31 Å². The van der Waals surface area contributed by atoms with Gasteiger partial charge in [0.25, 0.3) is 0 Å². The molecule has 2 heteroatoms. The van der Waals surface area contributed by atoms with Crippen molar-refractivity contribution >= 4 is 11.9 Å². The van der Waals surface area contributed by atoms with Crippen LogP contribution in [-0.4, -0.2) is 23.1 Å². The lowest BCUT2D eigenvalue weighted by Crippen LogP contribution is -2.19. The van der Waals surface area contributed by atoms with Gasteiger partial charge in [-0.1, -0.05) is 214 Å². The van der Waals surface area contributed by atoms with Crippen LogP contribution in [0.1, 0.15) is 227 Å². The average Bonchev–Trinajstić information content (AvgIpc) is 2.95. The van der Waals surface area contributed by atoms with E-state index in [2.05, 4.69) is 37.0 Å². The molecule has 1 nitrogen and oxygen atoms in total. The standard InChI is InChI=1S/C37H75NS.C2H6/c1-37(2,3)33-29-25-24-28-32-36-39-38-34-30-26-22-20-18-16-14-12-10-8-6-4-5-7-9-11-13-15-17-19-21-23-27-31-35-38;1-2/h4-36H2,1-3H3;1-2H3. The van der Waals surface area contributed by atoms with E-state index in [9.17, 15) is 0 Å². The van der Waals surface area contributed by atoms with Crippen molar-refractivity contribution in [2.24, 2.45) is 5.41 Å². The molecule has 1 saturated heterocycles. The van der Waals surface area contributed by atoms with Crippen LogP contribution in [0, 0.1) is 5.41 Å². The molecule has 41 heavy (non-hydrogen) atoms. The van der Waals surface area contributed by atoms with E-state index in [1.165, 1.54) is 211 Å². The maximum Gasteiger partial charge on any atom is 0.00893 e. The Balaban J connectivity index is 0.00000781. The van der Waals surface area contributed by atoms with Crippen LogP contribution in [-0.2, 0) is 0 Å². The first kappa shape index (κ1) is 41.3. The van der Waals surface area contributed by atoms with Gasteiger partial charge in [-0.25, -0.2) is 0 Å². The highest BCUT2D eigenvalue weighted by atomic mass is 32.2. The summed E-state index contributed by atoms with van der Waals surface area (Å²) in [6, 6.07) is 0. The van der Waals surface area contributed by atoms with Crippen molar-refractivity contribution in [2.45, 2.75) is 227 Å². The summed E-state index contributed by atoms with van der Waals surface area (Å²) in [5.74, 6) is 1.35. The predicted molar refractivity (Wildman–Crippen MR) is 193 cm³/mol. The Morgan fingerprint density at radius 1 is 0.390 bits per heavy atom. The third-order valence-electron chi connectivity index (χ3n) is 8.91. The normalized spacial score (nSPS) is 20.4. The van der Waals surface area contributed by atoms with Crippen LogP contribution in [0.15, 0.2) is 0 Å². The largest absolute Gasteiger partial charge is 0.251 e. The fourth-order valence-electron chi connectivity index (χ4n) is 6.19. The zero-order valence-electron chi connectivity index (χ0n) is 29.7. The van der Waals surface area contributed by atoms with Gasteiger partial charge in [-0.2, -0.15) is 0 Å². The van der Waals surface area contributed by atoms with Gasteiger partial charge in [0.2, 0.25) is 0 Å². The highest BCUT2D eigenvalue weighted by molar-refractivity contribution is 7.97. The van der Waals surface area contributed by atoms with E-state index in [0.29, 0.717) is 5.41 Å². The minimum atomic E-state index is 0.515. The zero-order chi connectivity index (χ0) is 30.1. The Hall–Kier alpha value is 0.310. The van der Waals surface area contributed by atoms with Gasteiger partial charge in [0, 0.05) is 18.8 Å².